The molecule has 1 aromatic rings. The van der Waals surface area contributed by atoms with Gasteiger partial charge in [-0.1, -0.05) is 52.8 Å². The molecule has 1 amide bonds. The number of hydrogen-bond donors (Lipinski definition) is 1. The Hall–Kier alpha value is -2.61. The lowest BCUT2D eigenvalue weighted by molar-refractivity contribution is -0.127. The number of anilines is 1. The second kappa shape index (κ2) is 12.7. The summed E-state index contributed by atoms with van der Waals surface area (Å²) in [6.07, 6.45) is 10.7. The number of aromatic nitrogens is 1. The summed E-state index contributed by atoms with van der Waals surface area (Å²) in [6.45, 7) is 11.6. The maximum Gasteiger partial charge on any atom is 0.253 e. The first kappa shape index (κ1) is 23.4. The molecular formula is C23H34N4O. The summed E-state index contributed by atoms with van der Waals surface area (Å²) in [5, 5.41) is 12.3. The molecule has 0 aromatic carbocycles. The number of likely N-dealkylation sites (tertiary alicyclic amines) is 1. The van der Waals surface area contributed by atoms with E-state index in [9.17, 15) is 4.79 Å². The normalized spacial score (nSPS) is 20.4. The van der Waals surface area contributed by atoms with Crippen LogP contribution in [0.5, 0.6) is 0 Å². The highest BCUT2D eigenvalue weighted by Gasteiger charge is 2.26. The third kappa shape index (κ3) is 6.84. The van der Waals surface area contributed by atoms with E-state index in [4.69, 9.17) is 5.26 Å². The minimum atomic E-state index is 0.114. The average Bonchev–Trinajstić information content (AvgIpc) is 2.76. The molecule has 1 N–H and O–H groups in total. The molecule has 1 aliphatic heterocycles. The minimum absolute atomic E-state index is 0.114. The van der Waals surface area contributed by atoms with Crippen molar-refractivity contribution in [3.63, 3.8) is 0 Å². The smallest absolute Gasteiger partial charge is 0.253 e. The van der Waals surface area contributed by atoms with Crippen LogP contribution in [-0.2, 0) is 4.79 Å². The van der Waals surface area contributed by atoms with E-state index < -0.39 is 0 Å². The fourth-order valence-electron chi connectivity index (χ4n) is 3.23. The number of carbonyl (C=O) groups is 1. The number of pyridine rings is 1. The molecule has 2 atom stereocenters. The van der Waals surface area contributed by atoms with Crippen LogP contribution in [0.4, 0.5) is 5.82 Å². The number of carbonyl (C=O) groups excluding carboxylic acids is 1. The third-order valence-electron chi connectivity index (χ3n) is 4.47. The SMILES string of the molecule is CC.CC.CC1C=C(C(=O)N2CCC[C@@H](Nc3cc(C#N)ccn3)C2)C=CC1. The molecule has 1 unspecified atom stereocenters. The van der Waals surface area contributed by atoms with Crippen molar-refractivity contribution < 1.29 is 4.79 Å². The van der Waals surface area contributed by atoms with Crippen molar-refractivity contribution >= 4 is 11.7 Å². The highest BCUT2D eigenvalue weighted by atomic mass is 16.2. The van der Waals surface area contributed by atoms with Crippen molar-refractivity contribution in [3.8, 4) is 6.07 Å². The summed E-state index contributed by atoms with van der Waals surface area (Å²) in [4.78, 5) is 18.9. The number of amides is 1. The van der Waals surface area contributed by atoms with Gasteiger partial charge in [0.1, 0.15) is 5.82 Å². The number of nitrogens with zero attached hydrogens (tertiary/aromatic N) is 3. The summed E-state index contributed by atoms with van der Waals surface area (Å²) >= 11 is 0. The van der Waals surface area contributed by atoms with Gasteiger partial charge in [-0.25, -0.2) is 4.98 Å². The van der Waals surface area contributed by atoms with Crippen LogP contribution in [-0.4, -0.2) is 34.9 Å². The van der Waals surface area contributed by atoms with Gasteiger partial charge < -0.3 is 10.2 Å². The molecule has 28 heavy (non-hydrogen) atoms. The van der Waals surface area contributed by atoms with E-state index in [1.54, 1.807) is 18.3 Å². The van der Waals surface area contributed by atoms with Crippen LogP contribution in [0, 0.1) is 17.2 Å². The molecule has 3 rings (SSSR count). The number of nitrogens with one attached hydrogen (secondary N) is 1. The van der Waals surface area contributed by atoms with E-state index in [0.717, 1.165) is 31.4 Å². The van der Waals surface area contributed by atoms with E-state index in [2.05, 4.69) is 35.4 Å². The lowest BCUT2D eigenvalue weighted by Gasteiger charge is -2.34. The summed E-state index contributed by atoms with van der Waals surface area (Å²) in [6, 6.07) is 5.71. The van der Waals surface area contributed by atoms with Crippen molar-refractivity contribution in [1.82, 2.24) is 9.88 Å². The van der Waals surface area contributed by atoms with E-state index in [1.165, 1.54) is 0 Å². The Morgan fingerprint density at radius 2 is 2.07 bits per heavy atom. The van der Waals surface area contributed by atoms with Gasteiger partial charge >= 0.3 is 0 Å². The molecule has 1 aromatic heterocycles. The lowest BCUT2D eigenvalue weighted by Crippen LogP contribution is -2.45. The molecule has 0 bridgehead atoms. The first-order chi connectivity index (χ1) is 13.7. The van der Waals surface area contributed by atoms with Crippen molar-refractivity contribution in [2.45, 2.75) is 59.9 Å². The molecule has 5 heteroatoms. The van der Waals surface area contributed by atoms with Crippen molar-refractivity contribution in [1.29, 1.82) is 5.26 Å². The molecule has 1 saturated heterocycles. The first-order valence-corrected chi connectivity index (χ1v) is 10.5. The van der Waals surface area contributed by atoms with Gasteiger partial charge in [-0.15, -0.1) is 0 Å². The summed E-state index contributed by atoms with van der Waals surface area (Å²) < 4.78 is 0. The first-order valence-electron chi connectivity index (χ1n) is 10.5. The fraction of sp³-hybridized carbons (Fsp3) is 0.522. The Kier molecular flexibility index (Phi) is 10.6. The third-order valence-corrected chi connectivity index (χ3v) is 4.47. The van der Waals surface area contributed by atoms with Crippen molar-refractivity contribution in [3.05, 3.63) is 47.7 Å². The molecule has 152 valence electrons. The molecule has 1 aliphatic carbocycles. The number of allylic oxidation sites excluding steroid dienone is 2. The van der Waals surface area contributed by atoms with Crippen LogP contribution in [0.15, 0.2) is 42.1 Å². The van der Waals surface area contributed by atoms with Gasteiger partial charge in [-0.05, 0) is 37.3 Å². The van der Waals surface area contributed by atoms with Gasteiger partial charge in [0.15, 0.2) is 0 Å². The fourth-order valence-corrected chi connectivity index (χ4v) is 3.23. The zero-order valence-electron chi connectivity index (χ0n) is 17.9. The van der Waals surface area contributed by atoms with Gasteiger partial charge in [0, 0.05) is 30.9 Å². The highest BCUT2D eigenvalue weighted by molar-refractivity contribution is 5.96. The maximum atomic E-state index is 12.7. The quantitative estimate of drug-likeness (QED) is 0.804. The van der Waals surface area contributed by atoms with Crippen LogP contribution in [0.2, 0.25) is 0 Å². The predicted octanol–water partition coefficient (Wildman–Crippen LogP) is 4.93. The zero-order chi connectivity index (χ0) is 20.9. The van der Waals surface area contributed by atoms with Gasteiger partial charge in [0.25, 0.3) is 5.91 Å². The second-order valence-electron chi connectivity index (χ2n) is 6.51. The van der Waals surface area contributed by atoms with Crippen LogP contribution >= 0.6 is 0 Å². The largest absolute Gasteiger partial charge is 0.366 e. The van der Waals surface area contributed by atoms with E-state index >= 15 is 0 Å². The molecule has 0 saturated carbocycles. The number of rotatable bonds is 3. The molecular weight excluding hydrogens is 348 g/mol. The molecule has 2 heterocycles. The van der Waals surface area contributed by atoms with Crippen LogP contribution in [0.25, 0.3) is 0 Å². The minimum Gasteiger partial charge on any atom is -0.366 e. The monoisotopic (exact) mass is 382 g/mol. The Bertz CT molecular complexity index is 718. The summed E-state index contributed by atoms with van der Waals surface area (Å²) in [5.41, 5.74) is 1.39. The van der Waals surface area contributed by atoms with E-state index in [0.29, 0.717) is 23.8 Å². The van der Waals surface area contributed by atoms with Gasteiger partial charge in [-0.2, -0.15) is 5.26 Å². The maximum absolute atomic E-state index is 12.7. The van der Waals surface area contributed by atoms with Crippen molar-refractivity contribution in [2.75, 3.05) is 18.4 Å². The Morgan fingerprint density at radius 3 is 2.75 bits per heavy atom. The van der Waals surface area contributed by atoms with Gasteiger partial charge in [0.05, 0.1) is 11.6 Å². The average molecular weight is 383 g/mol. The Labute approximate surface area is 170 Å². The van der Waals surface area contributed by atoms with Crippen LogP contribution in [0.3, 0.4) is 0 Å². The Morgan fingerprint density at radius 1 is 1.32 bits per heavy atom. The van der Waals surface area contributed by atoms with Gasteiger partial charge in [0.2, 0.25) is 0 Å². The lowest BCUT2D eigenvalue weighted by atomic mass is 9.96. The standard InChI is InChI=1S/C19H22N4O.2C2H6/c1-14-4-2-5-16(10-14)19(24)23-9-3-6-17(13-23)22-18-11-15(12-20)7-8-21-18;2*1-2/h2,5,7-8,10-11,14,17H,3-4,6,9,13H2,1H3,(H,21,22);2*1-2H3/t14?,17-;;/m1../s1. The highest BCUT2D eigenvalue weighted by Crippen LogP contribution is 2.21. The predicted molar refractivity (Wildman–Crippen MR) is 116 cm³/mol. The summed E-state index contributed by atoms with van der Waals surface area (Å²) in [5.74, 6) is 1.23. The number of piperidine rings is 1. The molecule has 0 radical (unpaired) electrons. The molecule has 1 fully saturated rings. The molecule has 0 spiro atoms. The summed E-state index contributed by atoms with van der Waals surface area (Å²) in [7, 11) is 0. The van der Waals surface area contributed by atoms with Crippen LogP contribution in [0.1, 0.15) is 59.4 Å². The Balaban J connectivity index is 0.000000921. The number of hydrogen-bond acceptors (Lipinski definition) is 4. The molecule has 2 aliphatic rings. The number of nitriles is 1. The topological polar surface area (TPSA) is 69.0 Å². The second-order valence-corrected chi connectivity index (χ2v) is 6.51. The van der Waals surface area contributed by atoms with E-state index in [-0.39, 0.29) is 11.9 Å². The zero-order valence-corrected chi connectivity index (χ0v) is 17.9. The molecule has 5 nitrogen and oxygen atoms in total. The van der Waals surface area contributed by atoms with E-state index in [1.807, 2.05) is 38.7 Å². The van der Waals surface area contributed by atoms with Crippen LogP contribution < -0.4 is 5.32 Å². The van der Waals surface area contributed by atoms with Gasteiger partial charge in [-0.3, -0.25) is 4.79 Å². The van der Waals surface area contributed by atoms with Crippen molar-refractivity contribution in [2.24, 2.45) is 5.92 Å².